The Morgan fingerprint density at radius 1 is 0.392 bits per heavy atom. The van der Waals surface area contributed by atoms with Crippen molar-refractivity contribution >= 4 is 5.97 Å². The molecule has 0 aromatic rings. The van der Waals surface area contributed by atoms with Crippen LogP contribution in [-0.2, 0) is 33.2 Å². The van der Waals surface area contributed by atoms with E-state index in [0.717, 1.165) is 44.9 Å². The molecule has 11 unspecified atom stereocenters. The van der Waals surface area contributed by atoms with Crippen molar-refractivity contribution in [3.05, 3.63) is 0 Å². The van der Waals surface area contributed by atoms with Crippen LogP contribution in [0.4, 0.5) is 0 Å². The van der Waals surface area contributed by atoms with Gasteiger partial charge in [-0.25, -0.2) is 0 Å². The number of esters is 1. The van der Waals surface area contributed by atoms with Crippen molar-refractivity contribution in [2.24, 2.45) is 0 Å². The zero-order valence-corrected chi connectivity index (χ0v) is 47.4. The van der Waals surface area contributed by atoms with Crippen LogP contribution in [0.3, 0.4) is 0 Å². The molecular formula is C60H116O14. The summed E-state index contributed by atoms with van der Waals surface area (Å²) in [7, 11) is 0. The molecule has 2 saturated heterocycles. The summed E-state index contributed by atoms with van der Waals surface area (Å²) in [6.07, 6.45) is 36.0. The third-order valence-electron chi connectivity index (χ3n) is 15.4. The Balaban J connectivity index is 1.66. The largest absolute Gasteiger partial charge is 0.457 e. The van der Waals surface area contributed by atoms with E-state index in [2.05, 4.69) is 13.8 Å². The van der Waals surface area contributed by atoms with Crippen LogP contribution < -0.4 is 0 Å². The fourth-order valence-electron chi connectivity index (χ4n) is 10.3. The molecule has 2 aliphatic rings. The minimum atomic E-state index is -1.70. The SMILES string of the molecule is CCCCCCCCCCCCCCCCCCCCCCCCCCOCC(COC1OC(COC2OC(CO)C(O)C(O)C2O)C(O)C(O)C1O)OC(=O)CCCCCCCCCCCCCCCCCC. The average Bonchev–Trinajstić information content (AvgIpc) is 3.40. The normalized spacial score (nSPS) is 24.7. The highest BCUT2D eigenvalue weighted by atomic mass is 16.7. The van der Waals surface area contributed by atoms with Crippen LogP contribution in [0, 0.1) is 0 Å². The van der Waals surface area contributed by atoms with Crippen LogP contribution in [0.5, 0.6) is 0 Å². The molecule has 0 aromatic heterocycles. The summed E-state index contributed by atoms with van der Waals surface area (Å²) in [5.74, 6) is -0.367. The quantitative estimate of drug-likeness (QED) is 0.0223. The highest BCUT2D eigenvalue weighted by Crippen LogP contribution is 2.27. The first kappa shape index (κ1) is 69.1. The molecule has 0 amide bonds. The lowest BCUT2D eigenvalue weighted by atomic mass is 9.98. The predicted molar refractivity (Wildman–Crippen MR) is 294 cm³/mol. The Morgan fingerprint density at radius 3 is 1.09 bits per heavy atom. The number of ether oxygens (including phenoxy) is 6. The van der Waals surface area contributed by atoms with Crippen LogP contribution >= 0.6 is 0 Å². The lowest BCUT2D eigenvalue weighted by Crippen LogP contribution is -2.61. The third kappa shape index (κ3) is 34.1. The first-order chi connectivity index (χ1) is 36.1. The van der Waals surface area contributed by atoms with Crippen LogP contribution in [0.15, 0.2) is 0 Å². The van der Waals surface area contributed by atoms with Gasteiger partial charge in [0.2, 0.25) is 0 Å². The summed E-state index contributed by atoms with van der Waals surface area (Å²) in [6.45, 7) is 3.77. The van der Waals surface area contributed by atoms with Crippen LogP contribution in [0.25, 0.3) is 0 Å². The third-order valence-corrected chi connectivity index (χ3v) is 15.4. The molecular weight excluding hydrogens is 945 g/mol. The average molecular weight is 1060 g/mol. The van der Waals surface area contributed by atoms with E-state index in [1.807, 2.05) is 0 Å². The molecule has 0 spiro atoms. The molecule has 0 aliphatic carbocycles. The van der Waals surface area contributed by atoms with Gasteiger partial charge in [-0.1, -0.05) is 258 Å². The molecule has 74 heavy (non-hydrogen) atoms. The number of carbonyl (C=O) groups excluding carboxylic acids is 1. The van der Waals surface area contributed by atoms with Gasteiger partial charge < -0.3 is 64.2 Å². The summed E-state index contributed by atoms with van der Waals surface area (Å²) in [4.78, 5) is 13.1. The highest BCUT2D eigenvalue weighted by Gasteiger charge is 2.47. The molecule has 0 aromatic carbocycles. The number of aliphatic hydroxyl groups is 7. The summed E-state index contributed by atoms with van der Waals surface area (Å²) in [6, 6.07) is 0. The zero-order chi connectivity index (χ0) is 53.7. The zero-order valence-electron chi connectivity index (χ0n) is 47.4. The fourth-order valence-corrected chi connectivity index (χ4v) is 10.3. The van der Waals surface area contributed by atoms with Crippen LogP contribution in [-0.4, -0.2) is 142 Å². The van der Waals surface area contributed by atoms with E-state index in [4.69, 9.17) is 28.4 Å². The van der Waals surface area contributed by atoms with Gasteiger partial charge in [0.1, 0.15) is 54.9 Å². The maximum absolute atomic E-state index is 13.1. The highest BCUT2D eigenvalue weighted by molar-refractivity contribution is 5.69. The second kappa shape index (κ2) is 47.9. The van der Waals surface area contributed by atoms with Crippen molar-refractivity contribution in [1.82, 2.24) is 0 Å². The Labute approximate surface area is 451 Å². The van der Waals surface area contributed by atoms with Gasteiger partial charge in [0.25, 0.3) is 0 Å². The number of rotatable bonds is 52. The molecule has 2 fully saturated rings. The Morgan fingerprint density at radius 2 is 0.716 bits per heavy atom. The molecule has 11 atom stereocenters. The number of aliphatic hydroxyl groups excluding tert-OH is 7. The molecule has 0 saturated carbocycles. The van der Waals surface area contributed by atoms with E-state index < -0.39 is 80.7 Å². The lowest BCUT2D eigenvalue weighted by Gasteiger charge is -2.42. The standard InChI is InChI=1S/C60H116O14/c1-3-5-7-9-11-13-15-17-19-21-22-23-24-25-26-27-28-30-32-34-36-38-40-42-44-69-46-49(72-52(62)43-41-39-37-35-33-31-29-20-18-16-14-12-10-8-6-4-2)47-70-59-58(68)56(66)54(64)51(74-59)48-71-60-57(67)55(65)53(63)50(45-61)73-60/h49-51,53-61,63-68H,3-48H2,1-2H3. The van der Waals surface area contributed by atoms with Crippen molar-refractivity contribution in [3.8, 4) is 0 Å². The van der Waals surface area contributed by atoms with Gasteiger partial charge in [-0.2, -0.15) is 0 Å². The lowest BCUT2D eigenvalue weighted by molar-refractivity contribution is -0.332. The van der Waals surface area contributed by atoms with Crippen molar-refractivity contribution in [2.75, 3.05) is 33.0 Å². The Kier molecular flexibility index (Phi) is 44.8. The van der Waals surface area contributed by atoms with Gasteiger partial charge >= 0.3 is 5.97 Å². The smallest absolute Gasteiger partial charge is 0.306 e. The van der Waals surface area contributed by atoms with Gasteiger partial charge in [-0.3, -0.25) is 4.79 Å². The van der Waals surface area contributed by atoms with Gasteiger partial charge in [0.05, 0.1) is 26.4 Å². The van der Waals surface area contributed by atoms with E-state index in [1.165, 1.54) is 212 Å². The molecule has 14 nitrogen and oxygen atoms in total. The fraction of sp³-hybridized carbons (Fsp3) is 0.983. The molecule has 2 aliphatic heterocycles. The topological polar surface area (TPSA) is 214 Å². The van der Waals surface area contributed by atoms with Crippen molar-refractivity contribution in [2.45, 2.75) is 345 Å². The number of carbonyl (C=O) groups is 1. The minimum absolute atomic E-state index is 0.0711. The van der Waals surface area contributed by atoms with Gasteiger partial charge in [-0.15, -0.1) is 0 Å². The van der Waals surface area contributed by atoms with E-state index >= 15 is 0 Å². The van der Waals surface area contributed by atoms with E-state index in [-0.39, 0.29) is 25.6 Å². The molecule has 7 N–H and O–H groups in total. The van der Waals surface area contributed by atoms with Crippen molar-refractivity contribution < 1.29 is 69.0 Å². The Bertz CT molecular complexity index is 1230. The van der Waals surface area contributed by atoms with E-state index in [9.17, 15) is 40.5 Å². The minimum Gasteiger partial charge on any atom is -0.457 e. The second-order valence-corrected chi connectivity index (χ2v) is 22.3. The molecule has 0 bridgehead atoms. The summed E-state index contributed by atoms with van der Waals surface area (Å²) in [5, 5.41) is 72.4. The van der Waals surface area contributed by atoms with Crippen LogP contribution in [0.1, 0.15) is 277 Å². The second-order valence-electron chi connectivity index (χ2n) is 22.3. The van der Waals surface area contributed by atoms with Crippen molar-refractivity contribution in [1.29, 1.82) is 0 Å². The summed E-state index contributed by atoms with van der Waals surface area (Å²) < 4.78 is 34.5. The molecule has 2 rings (SSSR count). The van der Waals surface area contributed by atoms with E-state index in [0.29, 0.717) is 6.61 Å². The molecule has 0 radical (unpaired) electrons. The van der Waals surface area contributed by atoms with Gasteiger partial charge in [-0.05, 0) is 12.8 Å². The monoisotopic (exact) mass is 1060 g/mol. The van der Waals surface area contributed by atoms with E-state index in [1.54, 1.807) is 0 Å². The molecule has 14 heteroatoms. The maximum atomic E-state index is 13.1. The van der Waals surface area contributed by atoms with Crippen molar-refractivity contribution in [3.63, 3.8) is 0 Å². The molecule has 440 valence electrons. The first-order valence-corrected chi connectivity index (χ1v) is 31.1. The number of hydrogen-bond acceptors (Lipinski definition) is 14. The summed E-state index contributed by atoms with van der Waals surface area (Å²) in [5.41, 5.74) is 0. The summed E-state index contributed by atoms with van der Waals surface area (Å²) >= 11 is 0. The van der Waals surface area contributed by atoms with Crippen LogP contribution in [0.2, 0.25) is 0 Å². The number of hydrogen-bond donors (Lipinski definition) is 7. The maximum Gasteiger partial charge on any atom is 0.306 e. The Hall–Kier alpha value is -1.01. The number of unbranched alkanes of at least 4 members (excludes halogenated alkanes) is 38. The molecule has 2 heterocycles. The van der Waals surface area contributed by atoms with Gasteiger partial charge in [0.15, 0.2) is 12.6 Å². The predicted octanol–water partition coefficient (Wildman–Crippen LogP) is 11.6. The first-order valence-electron chi connectivity index (χ1n) is 31.1. The van der Waals surface area contributed by atoms with Gasteiger partial charge in [0, 0.05) is 13.0 Å².